The Hall–Kier alpha value is -3.38. The number of nitrogens with one attached hydrogen (secondary N) is 2. The summed E-state index contributed by atoms with van der Waals surface area (Å²) in [6, 6.07) is 6.97. The maximum absolute atomic E-state index is 12.6. The van der Waals surface area contributed by atoms with Crippen LogP contribution in [0.4, 0.5) is 11.5 Å². The van der Waals surface area contributed by atoms with Gasteiger partial charge < -0.3 is 14.8 Å². The first-order valence-corrected chi connectivity index (χ1v) is 10.7. The highest BCUT2D eigenvalue weighted by Crippen LogP contribution is 2.21. The van der Waals surface area contributed by atoms with Crippen LogP contribution in [0, 0.1) is 0 Å². The largest absolute Gasteiger partial charge is 0.481 e. The zero-order valence-electron chi connectivity index (χ0n) is 16.6. The lowest BCUT2D eigenvalue weighted by molar-refractivity contribution is -0.116. The Morgan fingerprint density at radius 2 is 1.90 bits per heavy atom. The summed E-state index contributed by atoms with van der Waals surface area (Å²) in [6.45, 7) is 0.362. The van der Waals surface area contributed by atoms with E-state index in [0.29, 0.717) is 17.3 Å². The van der Waals surface area contributed by atoms with Crippen LogP contribution in [0.1, 0.15) is 6.42 Å². The van der Waals surface area contributed by atoms with Crippen molar-refractivity contribution in [2.45, 2.75) is 17.9 Å². The number of aromatic nitrogens is 4. The number of hydrogen-bond acceptors (Lipinski definition) is 8. The minimum atomic E-state index is -3.94. The molecule has 0 atom stereocenters. The molecule has 1 aromatic carbocycles. The first-order valence-electron chi connectivity index (χ1n) is 8.87. The van der Waals surface area contributed by atoms with E-state index < -0.39 is 10.0 Å². The Balaban J connectivity index is 1.63. The van der Waals surface area contributed by atoms with Crippen LogP contribution in [0.2, 0.25) is 5.02 Å². The van der Waals surface area contributed by atoms with E-state index in [1.165, 1.54) is 50.7 Å². The second-order valence-electron chi connectivity index (χ2n) is 6.13. The molecular formula is C18H19ClN6O5S. The fourth-order valence-electron chi connectivity index (χ4n) is 2.47. The molecule has 0 saturated carbocycles. The lowest BCUT2D eigenvalue weighted by Crippen LogP contribution is -2.16. The molecule has 0 saturated heterocycles. The first-order chi connectivity index (χ1) is 14.8. The lowest BCUT2D eigenvalue weighted by Gasteiger charge is -2.10. The third-order valence-corrected chi connectivity index (χ3v) is 5.50. The smallest absolute Gasteiger partial charge is 0.321 e. The predicted octanol–water partition coefficient (Wildman–Crippen LogP) is 2.17. The van der Waals surface area contributed by atoms with Crippen molar-refractivity contribution in [2.75, 3.05) is 24.3 Å². The van der Waals surface area contributed by atoms with Crippen LogP contribution in [0.5, 0.6) is 11.9 Å². The molecule has 0 spiro atoms. The SMILES string of the molecule is COc1cc(NS(=O)(=O)c2ccc(NC(=O)CCn3cc(Cl)cn3)cc2)nc(OC)n1. The summed E-state index contributed by atoms with van der Waals surface area (Å²) in [6.07, 6.45) is 3.28. The van der Waals surface area contributed by atoms with Crippen LogP contribution in [-0.4, -0.2) is 48.3 Å². The molecule has 3 aromatic rings. The Morgan fingerprint density at radius 1 is 1.16 bits per heavy atom. The van der Waals surface area contributed by atoms with Gasteiger partial charge in [0.25, 0.3) is 10.0 Å². The van der Waals surface area contributed by atoms with Crippen molar-refractivity contribution in [1.82, 2.24) is 19.7 Å². The van der Waals surface area contributed by atoms with Gasteiger partial charge in [0.1, 0.15) is 0 Å². The number of rotatable bonds is 9. The van der Waals surface area contributed by atoms with Crippen LogP contribution in [-0.2, 0) is 21.4 Å². The molecule has 0 aliphatic heterocycles. The third-order valence-electron chi connectivity index (χ3n) is 3.93. The molecule has 0 bridgehead atoms. The maximum atomic E-state index is 12.6. The molecule has 0 fully saturated rings. The summed E-state index contributed by atoms with van der Waals surface area (Å²) in [5, 5.41) is 7.18. The molecule has 164 valence electrons. The number of halogens is 1. The van der Waals surface area contributed by atoms with Crippen LogP contribution >= 0.6 is 11.6 Å². The van der Waals surface area contributed by atoms with Gasteiger partial charge >= 0.3 is 6.01 Å². The number of hydrogen-bond donors (Lipinski definition) is 2. The van der Waals surface area contributed by atoms with Crippen molar-refractivity contribution in [3.05, 3.63) is 47.7 Å². The second kappa shape index (κ2) is 9.62. The molecule has 2 N–H and O–H groups in total. The van der Waals surface area contributed by atoms with Crippen LogP contribution in [0.15, 0.2) is 47.6 Å². The summed E-state index contributed by atoms with van der Waals surface area (Å²) in [5.74, 6) is -0.125. The zero-order valence-corrected chi connectivity index (χ0v) is 18.1. The molecule has 3 rings (SSSR count). The standard InChI is InChI=1S/C18H19ClN6O5S/c1-29-17-9-15(22-18(23-17)30-2)24-31(27,28)14-5-3-13(4-6-14)21-16(26)7-8-25-11-12(19)10-20-25/h3-6,9-11H,7-8H2,1-2H3,(H,21,26)(H,22,23,24). The number of anilines is 2. The number of sulfonamides is 1. The predicted molar refractivity (Wildman–Crippen MR) is 113 cm³/mol. The van der Waals surface area contributed by atoms with Crippen molar-refractivity contribution in [2.24, 2.45) is 0 Å². The fraction of sp³-hybridized carbons (Fsp3) is 0.222. The van der Waals surface area contributed by atoms with Gasteiger partial charge in [-0.05, 0) is 24.3 Å². The van der Waals surface area contributed by atoms with Gasteiger partial charge in [-0.1, -0.05) is 11.6 Å². The van der Waals surface area contributed by atoms with Crippen molar-refractivity contribution in [3.8, 4) is 11.9 Å². The van der Waals surface area contributed by atoms with Gasteiger partial charge in [0.05, 0.1) is 30.3 Å². The van der Waals surface area contributed by atoms with Crippen molar-refractivity contribution in [3.63, 3.8) is 0 Å². The molecule has 11 nitrogen and oxygen atoms in total. The number of nitrogens with zero attached hydrogens (tertiary/aromatic N) is 4. The minimum absolute atomic E-state index is 0.0141. The third kappa shape index (κ3) is 6.06. The van der Waals surface area contributed by atoms with E-state index >= 15 is 0 Å². The highest BCUT2D eigenvalue weighted by molar-refractivity contribution is 7.92. The molecule has 2 heterocycles. The maximum Gasteiger partial charge on any atom is 0.321 e. The number of ether oxygens (including phenoxy) is 2. The van der Waals surface area contributed by atoms with Gasteiger partial charge in [0.15, 0.2) is 5.82 Å². The van der Waals surface area contributed by atoms with E-state index in [-0.39, 0.29) is 34.9 Å². The number of amides is 1. The molecule has 0 unspecified atom stereocenters. The second-order valence-corrected chi connectivity index (χ2v) is 8.25. The van der Waals surface area contributed by atoms with Crippen LogP contribution in [0.25, 0.3) is 0 Å². The van der Waals surface area contributed by atoms with Gasteiger partial charge in [-0.3, -0.25) is 14.2 Å². The van der Waals surface area contributed by atoms with Crippen LogP contribution < -0.4 is 19.5 Å². The molecule has 2 aromatic heterocycles. The zero-order chi connectivity index (χ0) is 22.4. The Morgan fingerprint density at radius 3 is 2.52 bits per heavy atom. The molecular weight excluding hydrogens is 448 g/mol. The summed E-state index contributed by atoms with van der Waals surface area (Å²) in [7, 11) is -1.20. The normalized spacial score (nSPS) is 11.1. The Labute approximate surface area is 183 Å². The Bertz CT molecular complexity index is 1140. The summed E-state index contributed by atoms with van der Waals surface area (Å²) >= 11 is 5.78. The van der Waals surface area contributed by atoms with Crippen molar-refractivity contribution < 1.29 is 22.7 Å². The summed E-state index contributed by atoms with van der Waals surface area (Å²) in [4.78, 5) is 19.9. The van der Waals surface area contributed by atoms with Gasteiger partial charge in [-0.25, -0.2) is 8.42 Å². The highest BCUT2D eigenvalue weighted by Gasteiger charge is 2.17. The van der Waals surface area contributed by atoms with E-state index in [4.69, 9.17) is 21.1 Å². The molecule has 0 aliphatic rings. The van der Waals surface area contributed by atoms with Gasteiger partial charge in [-0.15, -0.1) is 0 Å². The molecule has 0 aliphatic carbocycles. The summed E-state index contributed by atoms with van der Waals surface area (Å²) in [5.41, 5.74) is 0.452. The molecule has 31 heavy (non-hydrogen) atoms. The molecule has 13 heteroatoms. The number of carbonyl (C=O) groups excluding carboxylic acids is 1. The van der Waals surface area contributed by atoms with Gasteiger partial charge in [-0.2, -0.15) is 15.1 Å². The average Bonchev–Trinajstić information content (AvgIpc) is 3.17. The monoisotopic (exact) mass is 466 g/mol. The summed E-state index contributed by atoms with van der Waals surface area (Å²) < 4.78 is 39.1. The topological polar surface area (TPSA) is 137 Å². The number of benzene rings is 1. The van der Waals surface area contributed by atoms with E-state index in [1.54, 1.807) is 10.9 Å². The van der Waals surface area contributed by atoms with E-state index in [9.17, 15) is 13.2 Å². The van der Waals surface area contributed by atoms with E-state index in [2.05, 4.69) is 25.1 Å². The number of methoxy groups -OCH3 is 2. The minimum Gasteiger partial charge on any atom is -0.481 e. The quantitative estimate of drug-likeness (QED) is 0.489. The number of carbonyl (C=O) groups is 1. The van der Waals surface area contributed by atoms with Gasteiger partial charge in [0.2, 0.25) is 11.8 Å². The average molecular weight is 467 g/mol. The Kier molecular flexibility index (Phi) is 6.92. The van der Waals surface area contributed by atoms with E-state index in [1.807, 2.05) is 0 Å². The van der Waals surface area contributed by atoms with Crippen LogP contribution in [0.3, 0.4) is 0 Å². The molecule has 0 radical (unpaired) electrons. The number of aryl methyl sites for hydroxylation is 1. The first kappa shape index (κ1) is 22.3. The van der Waals surface area contributed by atoms with Crippen molar-refractivity contribution in [1.29, 1.82) is 0 Å². The highest BCUT2D eigenvalue weighted by atomic mass is 35.5. The van der Waals surface area contributed by atoms with Gasteiger partial charge in [0, 0.05) is 30.9 Å². The van der Waals surface area contributed by atoms with E-state index in [0.717, 1.165) is 0 Å². The molecule has 1 amide bonds. The fourth-order valence-corrected chi connectivity index (χ4v) is 3.61. The lowest BCUT2D eigenvalue weighted by atomic mass is 10.3. The van der Waals surface area contributed by atoms with Crippen molar-refractivity contribution >= 4 is 39.0 Å².